The van der Waals surface area contributed by atoms with Gasteiger partial charge in [-0.3, -0.25) is 95.9 Å². The van der Waals surface area contributed by atoms with Crippen LogP contribution in [0.1, 0.15) is 150 Å². The molecule has 2 aromatic rings. The summed E-state index contributed by atoms with van der Waals surface area (Å²) in [5.74, 6) is -22.4. The molecule has 0 unspecified atom stereocenters. The molecule has 0 aromatic heterocycles. The maximum absolute atomic E-state index is 14.4. The second-order valence-corrected chi connectivity index (χ2v) is 34.7. The highest BCUT2D eigenvalue weighted by Gasteiger charge is 2.42. The third-order valence-electron chi connectivity index (χ3n) is 22.5. The van der Waals surface area contributed by atoms with Crippen LogP contribution >= 0.6 is 12.6 Å². The van der Waals surface area contributed by atoms with Gasteiger partial charge in [-0.05, 0) is 152 Å². The Kier molecular flexibility index (Phi) is 55.0. The number of aliphatic hydroxyl groups excluding tert-OH is 5. The minimum atomic E-state index is -1.87. The van der Waals surface area contributed by atoms with Gasteiger partial charge in [0.25, 0.3) is 0 Å². The topological polar surface area (TPSA) is 807 Å². The molecule has 50 nitrogen and oxygen atoms in total. The zero-order valence-electron chi connectivity index (χ0n) is 79.7. The summed E-state index contributed by atoms with van der Waals surface area (Å²) in [6.45, 7) is 7.32. The standard InChI is InChI=1S/C88H143N23O27S/c1-10-47(6)70(109-76(126)55(24-15-18-32-90)100-86(136)69(46(4)5)108-81(131)62(43-115)104-72(122)48(7)96-65(118)37-94-83(133)64-26-20-34-111(64)88(138)56(25-16-19-33-91)101-84(134)68(92)45(2)3)87(137)106-61(42-114)80(130)107-63(44-139)82(132)99-54(23-14-17-31-89)75(125)97-49(8)73(123)103-59(40-112)74(124)93-38-66(119)98-57(36-52-27-29-53(117)30-28-52)77(127)105-60(41-113)79(129)102-58(35-51-21-12-11-13-22-51)78(128)110-71(50(9)116)85(135)95-39-67(120)121/h11-13,21-22,27-30,45-50,54-64,68-71,112-117,139H,10,14-20,23-26,31-44,89-92H2,1-9H3,(H,93,124)(H,94,133)(H,95,135)(H,96,118)(H,97,125)(H,98,119)(H,99,132)(H,100,136)(H,101,134)(H,102,129)(H,103,123)(H,104,122)(H,105,127)(H,106,137)(H,107,130)(H,108,131)(H,109,126)(H,110,128)(H,120,121)/t47-,48-,49-,50+,54-,55-,56-,57-,58-,59-,60-,61-,62-,63-,64-,68-,69-,70-,71-/m0/s1. The van der Waals surface area contributed by atoms with Crippen LogP contribution in [0.15, 0.2) is 54.6 Å². The maximum atomic E-state index is 14.4. The Morgan fingerprint density at radius 3 is 1.27 bits per heavy atom. The second kappa shape index (κ2) is 63.3. The average molecular weight is 1990 g/mol. The highest BCUT2D eigenvalue weighted by Crippen LogP contribution is 2.22. The lowest BCUT2D eigenvalue weighted by Gasteiger charge is -2.30. The number of hydrogen-bond acceptors (Lipinski definition) is 31. The summed E-state index contributed by atoms with van der Waals surface area (Å²) in [6.07, 6.45) is 0.810. The van der Waals surface area contributed by atoms with Crippen molar-refractivity contribution in [1.82, 2.24) is 101 Å². The van der Waals surface area contributed by atoms with Crippen molar-refractivity contribution < 1.29 is 132 Å². The fraction of sp³-hybridized carbons (Fsp3) is 0.636. The first-order chi connectivity index (χ1) is 65.8. The molecule has 0 bridgehead atoms. The number of nitrogens with two attached hydrogens (primary N) is 4. The summed E-state index contributed by atoms with van der Waals surface area (Å²) >= 11 is 4.23. The van der Waals surface area contributed by atoms with Crippen molar-refractivity contribution >= 4 is 131 Å². The minimum absolute atomic E-state index is 0.0881. The number of nitrogens with one attached hydrogen (secondary N) is 18. The SMILES string of the molecule is CC[C@H](C)[C@H](NC(=O)[C@H](CCCCN)NC(=O)[C@@H](NC(=O)[C@H](CO)NC(=O)[C@H](C)NC(=O)CNC(=O)[C@@H]1CCCN1C(=O)[C@H](CCCCN)NC(=O)[C@@H](N)C(C)C)C(C)C)C(=O)N[C@@H](CO)C(=O)N[C@@H](CS)C(=O)N[C@@H](CCCCN)C(=O)N[C@@H](C)C(=O)N[C@@H](CO)C(=O)NCC(=O)N[C@@H](Cc1ccc(O)cc1)C(=O)N[C@@H](CO)C(=O)N[C@@H](Cc1ccccc1)C(=O)N[C@H](C(=O)NCC(=O)O)[C@@H](C)O. The highest BCUT2D eigenvalue weighted by molar-refractivity contribution is 7.80. The number of phenols is 1. The van der Waals surface area contributed by atoms with Gasteiger partial charge >= 0.3 is 5.97 Å². The van der Waals surface area contributed by atoms with E-state index in [4.69, 9.17) is 28.0 Å². The lowest BCUT2D eigenvalue weighted by molar-refractivity contribution is -0.142. The molecule has 1 aliphatic rings. The molecule has 1 fully saturated rings. The van der Waals surface area contributed by atoms with E-state index in [1.165, 1.54) is 49.9 Å². The Bertz CT molecular complexity index is 4410. The van der Waals surface area contributed by atoms with Crippen molar-refractivity contribution in [2.24, 2.45) is 40.7 Å². The molecule has 0 aliphatic carbocycles. The number of amides is 19. The molecule has 1 aliphatic heterocycles. The number of unbranched alkanes of at least 4 members (excludes halogenated alkanes) is 3. The quantitative estimate of drug-likeness (QED) is 0.0216. The summed E-state index contributed by atoms with van der Waals surface area (Å²) in [6, 6.07) is -12.3. The molecule has 33 N–H and O–H groups in total. The lowest BCUT2D eigenvalue weighted by atomic mass is 9.96. The molecule has 1 saturated heterocycles. The van der Waals surface area contributed by atoms with Crippen molar-refractivity contribution in [2.75, 3.05) is 78.0 Å². The zero-order valence-corrected chi connectivity index (χ0v) is 80.6. The van der Waals surface area contributed by atoms with Crippen LogP contribution in [0.5, 0.6) is 5.75 Å². The molecule has 0 radical (unpaired) electrons. The summed E-state index contributed by atoms with van der Waals surface area (Å²) in [5.41, 5.74) is 24.0. The van der Waals surface area contributed by atoms with E-state index < -0.39 is 291 Å². The number of carboxylic acid groups (broad SMARTS) is 1. The zero-order chi connectivity index (χ0) is 104. The van der Waals surface area contributed by atoms with E-state index in [1.807, 2.05) is 5.32 Å². The summed E-state index contributed by atoms with van der Waals surface area (Å²) in [4.78, 5) is 274. The molecule has 51 heteroatoms. The number of aromatic hydroxyl groups is 1. The van der Waals surface area contributed by atoms with Gasteiger partial charge < -0.3 is 159 Å². The monoisotopic (exact) mass is 1990 g/mol. The van der Waals surface area contributed by atoms with Crippen molar-refractivity contribution in [3.05, 3.63) is 65.7 Å². The third kappa shape index (κ3) is 42.1. The number of hydrogen-bond donors (Lipinski definition) is 30. The molecule has 19 amide bonds. The van der Waals surface area contributed by atoms with E-state index in [9.17, 15) is 127 Å². The fourth-order valence-electron chi connectivity index (χ4n) is 13.9. The molecule has 0 saturated carbocycles. The van der Waals surface area contributed by atoms with Gasteiger partial charge in [0, 0.05) is 25.1 Å². The first-order valence-electron chi connectivity index (χ1n) is 46.1. The van der Waals surface area contributed by atoms with Crippen molar-refractivity contribution in [3.8, 4) is 5.75 Å². The first kappa shape index (κ1) is 121. The molecule has 139 heavy (non-hydrogen) atoms. The number of likely N-dealkylation sites (tertiary alicyclic amines) is 1. The number of benzene rings is 2. The molecular weight excluding hydrogens is 1840 g/mol. The Morgan fingerprint density at radius 2 is 0.777 bits per heavy atom. The molecule has 2 aromatic carbocycles. The van der Waals surface area contributed by atoms with Gasteiger partial charge in [-0.2, -0.15) is 12.6 Å². The number of carboxylic acids is 1. The predicted molar refractivity (Wildman–Crippen MR) is 503 cm³/mol. The van der Waals surface area contributed by atoms with Gasteiger partial charge in [0.05, 0.1) is 51.7 Å². The van der Waals surface area contributed by atoms with Crippen LogP contribution in [0.25, 0.3) is 0 Å². The summed E-state index contributed by atoms with van der Waals surface area (Å²) in [5, 5.41) is 114. The predicted octanol–water partition coefficient (Wildman–Crippen LogP) is -10.7. The van der Waals surface area contributed by atoms with Crippen LogP contribution in [0.4, 0.5) is 0 Å². The average Bonchev–Trinajstić information content (AvgIpc) is 1.75. The number of carbonyl (C=O) groups is 20. The van der Waals surface area contributed by atoms with Crippen LogP contribution in [0.2, 0.25) is 0 Å². The number of rotatable bonds is 64. The number of thiol groups is 1. The smallest absolute Gasteiger partial charge is 0.322 e. The molecule has 0 spiro atoms. The Morgan fingerprint density at radius 1 is 0.396 bits per heavy atom. The van der Waals surface area contributed by atoms with E-state index in [1.54, 1.807) is 58.0 Å². The van der Waals surface area contributed by atoms with Crippen LogP contribution in [0.3, 0.4) is 0 Å². The van der Waals surface area contributed by atoms with Gasteiger partial charge in [0.15, 0.2) is 0 Å². The molecule has 3 rings (SSSR count). The van der Waals surface area contributed by atoms with Crippen molar-refractivity contribution in [2.45, 2.75) is 261 Å². The van der Waals surface area contributed by atoms with Crippen LogP contribution in [-0.4, -0.2) is 346 Å². The van der Waals surface area contributed by atoms with Gasteiger partial charge in [-0.25, -0.2) is 0 Å². The number of nitrogens with zero attached hydrogens (tertiary/aromatic N) is 1. The van der Waals surface area contributed by atoms with Crippen LogP contribution in [0, 0.1) is 17.8 Å². The fourth-order valence-corrected chi connectivity index (χ4v) is 14.2. The van der Waals surface area contributed by atoms with Gasteiger partial charge in [0.2, 0.25) is 112 Å². The van der Waals surface area contributed by atoms with Crippen LogP contribution in [-0.2, 0) is 109 Å². The Labute approximate surface area is 810 Å². The first-order valence-corrected chi connectivity index (χ1v) is 46.7. The van der Waals surface area contributed by atoms with Crippen molar-refractivity contribution in [3.63, 3.8) is 0 Å². The normalized spacial score (nSPS) is 16.2. The minimum Gasteiger partial charge on any atom is -0.508 e. The van der Waals surface area contributed by atoms with Gasteiger partial charge in [-0.1, -0.05) is 90.4 Å². The van der Waals surface area contributed by atoms with Crippen LogP contribution < -0.4 is 119 Å². The number of aliphatic hydroxyl groups is 5. The third-order valence-corrected chi connectivity index (χ3v) is 22.9. The van der Waals surface area contributed by atoms with E-state index in [0.29, 0.717) is 49.8 Å². The summed E-state index contributed by atoms with van der Waals surface area (Å²) < 4.78 is 0. The lowest BCUT2D eigenvalue weighted by Crippen LogP contribution is -2.62. The molecular formula is C88H143N23O27S. The van der Waals surface area contributed by atoms with Gasteiger partial charge in [0.1, 0.15) is 109 Å². The maximum Gasteiger partial charge on any atom is 0.322 e. The number of aliphatic carboxylic acids is 1. The summed E-state index contributed by atoms with van der Waals surface area (Å²) in [7, 11) is 0. The highest BCUT2D eigenvalue weighted by atomic mass is 32.1. The largest absolute Gasteiger partial charge is 0.508 e. The number of carbonyl (C=O) groups excluding carboxylic acids is 19. The Hall–Kier alpha value is -12.4. The van der Waals surface area contributed by atoms with E-state index in [2.05, 4.69) is 103 Å². The number of phenolic OH excluding ortho intramolecular Hbond substituents is 1. The Balaban J connectivity index is 1.70. The molecule has 778 valence electrons. The van der Waals surface area contributed by atoms with E-state index >= 15 is 0 Å². The van der Waals surface area contributed by atoms with Gasteiger partial charge in [-0.15, -0.1) is 0 Å². The molecule has 19 atom stereocenters. The molecule has 1 heterocycles. The van der Waals surface area contributed by atoms with E-state index in [-0.39, 0.29) is 89.1 Å². The van der Waals surface area contributed by atoms with E-state index in [0.717, 1.165) is 13.8 Å². The second-order valence-electron chi connectivity index (χ2n) is 34.4. The van der Waals surface area contributed by atoms with Crippen molar-refractivity contribution in [1.29, 1.82) is 0 Å².